The zero-order valence-electron chi connectivity index (χ0n) is 17.4. The molecule has 1 unspecified atom stereocenters. The van der Waals surface area contributed by atoms with Gasteiger partial charge in [-0.05, 0) is 55.8 Å². The second-order valence-corrected chi connectivity index (χ2v) is 9.09. The molecule has 2 aliphatic rings. The van der Waals surface area contributed by atoms with E-state index in [1.165, 1.54) is 12.8 Å². The molecule has 0 aliphatic heterocycles. The van der Waals surface area contributed by atoms with Gasteiger partial charge in [-0.3, -0.25) is 4.79 Å². The Morgan fingerprint density at radius 1 is 1.31 bits per heavy atom. The Bertz CT molecular complexity index is 478. The summed E-state index contributed by atoms with van der Waals surface area (Å²) in [5.74, 6) is 1.88. The van der Waals surface area contributed by atoms with Crippen molar-refractivity contribution in [3.63, 3.8) is 0 Å². The van der Waals surface area contributed by atoms with Crippen molar-refractivity contribution in [2.24, 2.45) is 23.2 Å². The van der Waals surface area contributed by atoms with Crippen molar-refractivity contribution in [2.75, 3.05) is 13.2 Å². The SMILES string of the molecule is CCCC(O)(CCC)COCC=CC(C)[C@H]1CC[C@@H]2C(=O)CCC[C@]21C. The number of fused-ring (bicyclic) bond motifs is 1. The van der Waals surface area contributed by atoms with E-state index in [1.807, 2.05) is 0 Å². The molecule has 0 aromatic heterocycles. The van der Waals surface area contributed by atoms with Crippen LogP contribution in [0.15, 0.2) is 12.2 Å². The largest absolute Gasteiger partial charge is 0.387 e. The average Bonchev–Trinajstić information content (AvgIpc) is 2.93. The van der Waals surface area contributed by atoms with Gasteiger partial charge < -0.3 is 9.84 Å². The molecule has 0 aromatic rings. The molecule has 0 aromatic carbocycles. The van der Waals surface area contributed by atoms with Gasteiger partial charge >= 0.3 is 0 Å². The molecule has 0 bridgehead atoms. The van der Waals surface area contributed by atoms with Crippen molar-refractivity contribution in [3.8, 4) is 0 Å². The van der Waals surface area contributed by atoms with Gasteiger partial charge in [0.25, 0.3) is 0 Å². The van der Waals surface area contributed by atoms with Crippen LogP contribution in [0.5, 0.6) is 0 Å². The molecule has 2 fully saturated rings. The van der Waals surface area contributed by atoms with E-state index in [1.54, 1.807) is 0 Å². The molecule has 4 atom stereocenters. The van der Waals surface area contributed by atoms with Gasteiger partial charge in [-0.15, -0.1) is 0 Å². The number of ether oxygens (including phenoxy) is 1. The minimum atomic E-state index is -0.669. The molecule has 1 N–H and O–H groups in total. The maximum Gasteiger partial charge on any atom is 0.136 e. The smallest absolute Gasteiger partial charge is 0.136 e. The van der Waals surface area contributed by atoms with Crippen LogP contribution in [-0.2, 0) is 9.53 Å². The van der Waals surface area contributed by atoms with Crippen LogP contribution in [-0.4, -0.2) is 29.7 Å². The van der Waals surface area contributed by atoms with Crippen molar-refractivity contribution >= 4 is 5.78 Å². The third-order valence-electron chi connectivity index (χ3n) is 7.03. The van der Waals surface area contributed by atoms with Gasteiger partial charge in [0.1, 0.15) is 5.78 Å². The van der Waals surface area contributed by atoms with Crippen molar-refractivity contribution in [1.82, 2.24) is 0 Å². The number of hydrogen-bond donors (Lipinski definition) is 1. The first-order valence-electron chi connectivity index (χ1n) is 10.9. The van der Waals surface area contributed by atoms with Gasteiger partial charge in [0.2, 0.25) is 0 Å². The highest BCUT2D eigenvalue weighted by Crippen LogP contribution is 2.56. The Labute approximate surface area is 160 Å². The molecule has 3 heteroatoms. The zero-order chi connectivity index (χ0) is 19.2. The summed E-state index contributed by atoms with van der Waals surface area (Å²) in [6.45, 7) is 9.83. The highest BCUT2D eigenvalue weighted by atomic mass is 16.5. The monoisotopic (exact) mass is 364 g/mol. The Kier molecular flexibility index (Phi) is 7.90. The topological polar surface area (TPSA) is 46.5 Å². The summed E-state index contributed by atoms with van der Waals surface area (Å²) in [6.07, 6.45) is 13.3. The summed E-state index contributed by atoms with van der Waals surface area (Å²) in [4.78, 5) is 12.3. The first-order valence-corrected chi connectivity index (χ1v) is 10.9. The van der Waals surface area contributed by atoms with E-state index in [9.17, 15) is 9.90 Å². The molecular formula is C23H40O3. The fraction of sp³-hybridized carbons (Fsp3) is 0.870. The van der Waals surface area contributed by atoms with Crippen LogP contribution in [0.25, 0.3) is 0 Å². The Hall–Kier alpha value is -0.670. The van der Waals surface area contributed by atoms with E-state index in [-0.39, 0.29) is 5.41 Å². The van der Waals surface area contributed by atoms with E-state index in [4.69, 9.17) is 4.74 Å². The summed E-state index contributed by atoms with van der Waals surface area (Å²) in [5, 5.41) is 10.6. The Balaban J connectivity index is 1.82. The first kappa shape index (κ1) is 21.6. The van der Waals surface area contributed by atoms with Crippen LogP contribution in [0, 0.1) is 23.2 Å². The third kappa shape index (κ3) is 4.98. The summed E-state index contributed by atoms with van der Waals surface area (Å²) in [6, 6.07) is 0. The predicted molar refractivity (Wildman–Crippen MR) is 107 cm³/mol. The Morgan fingerprint density at radius 2 is 2.00 bits per heavy atom. The van der Waals surface area contributed by atoms with E-state index in [0.717, 1.165) is 44.9 Å². The molecule has 0 saturated heterocycles. The molecule has 3 nitrogen and oxygen atoms in total. The van der Waals surface area contributed by atoms with Crippen molar-refractivity contribution in [1.29, 1.82) is 0 Å². The molecule has 0 radical (unpaired) electrons. The number of Topliss-reactive ketones (excluding diaryl/α,β-unsaturated/α-hetero) is 1. The second kappa shape index (κ2) is 9.50. The fourth-order valence-corrected chi connectivity index (χ4v) is 5.76. The lowest BCUT2D eigenvalue weighted by Gasteiger charge is -2.41. The van der Waals surface area contributed by atoms with E-state index >= 15 is 0 Å². The van der Waals surface area contributed by atoms with Gasteiger partial charge in [-0.2, -0.15) is 0 Å². The molecule has 2 saturated carbocycles. The van der Waals surface area contributed by atoms with Crippen LogP contribution in [0.1, 0.15) is 85.5 Å². The number of allylic oxidation sites excluding steroid dienone is 1. The molecule has 0 heterocycles. The van der Waals surface area contributed by atoms with Crippen LogP contribution in [0.2, 0.25) is 0 Å². The van der Waals surface area contributed by atoms with Crippen LogP contribution in [0.4, 0.5) is 0 Å². The van der Waals surface area contributed by atoms with E-state index in [2.05, 4.69) is 39.8 Å². The molecule has 0 spiro atoms. The van der Waals surface area contributed by atoms with Crippen molar-refractivity contribution in [2.45, 2.75) is 91.1 Å². The highest BCUT2D eigenvalue weighted by molar-refractivity contribution is 5.83. The van der Waals surface area contributed by atoms with Gasteiger partial charge in [0, 0.05) is 12.3 Å². The molecular weight excluding hydrogens is 324 g/mol. The van der Waals surface area contributed by atoms with E-state index in [0.29, 0.717) is 36.8 Å². The van der Waals surface area contributed by atoms with Gasteiger partial charge in [-0.1, -0.05) is 52.7 Å². The first-order chi connectivity index (χ1) is 12.4. The second-order valence-electron chi connectivity index (χ2n) is 9.09. The number of carbonyl (C=O) groups is 1. The third-order valence-corrected chi connectivity index (χ3v) is 7.03. The Morgan fingerprint density at radius 3 is 2.65 bits per heavy atom. The quantitative estimate of drug-likeness (QED) is 0.422. The maximum atomic E-state index is 12.3. The minimum absolute atomic E-state index is 0.197. The summed E-state index contributed by atoms with van der Waals surface area (Å²) < 4.78 is 5.77. The van der Waals surface area contributed by atoms with Gasteiger partial charge in [-0.25, -0.2) is 0 Å². The maximum absolute atomic E-state index is 12.3. The van der Waals surface area contributed by atoms with Crippen molar-refractivity contribution < 1.29 is 14.6 Å². The normalized spacial score (nSPS) is 30.7. The standard InChI is InChI=1S/C23H40O3/c1-5-13-23(25,14-6-2)17-26-16-8-9-18(3)19-11-12-20-21(24)10-7-15-22(19,20)4/h8-9,18-20,25H,5-7,10-17H2,1-4H3/t18?,19-,20-,22+/m1/s1. The van der Waals surface area contributed by atoms with E-state index < -0.39 is 5.60 Å². The van der Waals surface area contributed by atoms with Crippen LogP contribution >= 0.6 is 0 Å². The van der Waals surface area contributed by atoms with Crippen LogP contribution in [0.3, 0.4) is 0 Å². The number of carbonyl (C=O) groups excluding carboxylic acids is 1. The minimum Gasteiger partial charge on any atom is -0.387 e. The highest BCUT2D eigenvalue weighted by Gasteiger charge is 2.51. The van der Waals surface area contributed by atoms with Gasteiger partial charge in [0.05, 0.1) is 18.8 Å². The number of aliphatic hydroxyl groups is 1. The van der Waals surface area contributed by atoms with Gasteiger partial charge in [0.15, 0.2) is 0 Å². The average molecular weight is 365 g/mol. The number of hydrogen-bond acceptors (Lipinski definition) is 3. The summed E-state index contributed by atoms with van der Waals surface area (Å²) in [5.41, 5.74) is -0.472. The van der Waals surface area contributed by atoms with Crippen LogP contribution < -0.4 is 0 Å². The van der Waals surface area contributed by atoms with Crippen molar-refractivity contribution in [3.05, 3.63) is 12.2 Å². The molecule has 0 amide bonds. The summed E-state index contributed by atoms with van der Waals surface area (Å²) in [7, 11) is 0. The lowest BCUT2D eigenvalue weighted by atomic mass is 9.62. The number of ketones is 1. The molecule has 150 valence electrons. The fourth-order valence-electron chi connectivity index (χ4n) is 5.76. The molecule has 2 aliphatic carbocycles. The molecule has 26 heavy (non-hydrogen) atoms. The summed E-state index contributed by atoms with van der Waals surface area (Å²) >= 11 is 0. The predicted octanol–water partition coefficient (Wildman–Crippen LogP) is 5.31. The lowest BCUT2D eigenvalue weighted by Crippen LogP contribution is -2.39. The lowest BCUT2D eigenvalue weighted by molar-refractivity contribution is -0.129. The molecule has 2 rings (SSSR count). The number of rotatable bonds is 10. The zero-order valence-corrected chi connectivity index (χ0v) is 17.4.